The zero-order chi connectivity index (χ0) is 22.7. The number of methoxy groups -OCH3 is 2. The number of hydrogen-bond acceptors (Lipinski definition) is 7. The summed E-state index contributed by atoms with van der Waals surface area (Å²) in [6, 6.07) is 14.1. The number of nitrogens with zero attached hydrogens (tertiary/aromatic N) is 2. The number of aromatic hydroxyl groups is 1. The van der Waals surface area contributed by atoms with Gasteiger partial charge in [0.15, 0.2) is 0 Å². The van der Waals surface area contributed by atoms with Gasteiger partial charge in [-0.2, -0.15) is 0 Å². The van der Waals surface area contributed by atoms with Gasteiger partial charge in [0, 0.05) is 12.1 Å². The van der Waals surface area contributed by atoms with Gasteiger partial charge in [-0.05, 0) is 35.7 Å². The minimum atomic E-state index is -0.324. The molecule has 0 atom stereocenters. The molecule has 4 rings (SSSR count). The van der Waals surface area contributed by atoms with Gasteiger partial charge in [-0.15, -0.1) is 11.3 Å². The maximum atomic E-state index is 12.8. The van der Waals surface area contributed by atoms with Crippen molar-refractivity contribution in [2.24, 2.45) is 10.7 Å². The summed E-state index contributed by atoms with van der Waals surface area (Å²) in [6.07, 6.45) is -0.143. The van der Waals surface area contributed by atoms with E-state index >= 15 is 0 Å². The quantitative estimate of drug-likeness (QED) is 0.419. The molecule has 0 saturated carbocycles. The van der Waals surface area contributed by atoms with Crippen LogP contribution in [0, 0.1) is 0 Å². The first-order valence-corrected chi connectivity index (χ1v) is 10.8. The van der Waals surface area contributed by atoms with Crippen LogP contribution in [0.4, 0.5) is 5.69 Å². The normalized spacial score (nSPS) is 14.1. The predicted molar refractivity (Wildman–Crippen MR) is 123 cm³/mol. The van der Waals surface area contributed by atoms with Crippen molar-refractivity contribution >= 4 is 28.8 Å². The number of amides is 1. The highest BCUT2D eigenvalue weighted by Gasteiger charge is 2.35. The summed E-state index contributed by atoms with van der Waals surface area (Å²) in [5, 5.41) is 12.2. The Morgan fingerprint density at radius 3 is 2.50 bits per heavy atom. The number of thiophene rings is 1. The Morgan fingerprint density at radius 1 is 1.12 bits per heavy atom. The molecule has 1 amide bonds. The number of phenolic OH excluding ortho intramolecular Hbond substituents is 1. The molecule has 8 nitrogen and oxygen atoms in total. The highest BCUT2D eigenvalue weighted by molar-refractivity contribution is 7.12. The molecular formula is C23H23N3O5S. The zero-order valence-corrected chi connectivity index (χ0v) is 18.5. The van der Waals surface area contributed by atoms with Crippen LogP contribution in [0.5, 0.6) is 23.0 Å². The largest absolute Gasteiger partial charge is 0.507 e. The Labute approximate surface area is 189 Å². The number of rotatable bonds is 7. The van der Waals surface area contributed by atoms with E-state index in [1.54, 1.807) is 11.0 Å². The Bertz CT molecular complexity index is 1120. The summed E-state index contributed by atoms with van der Waals surface area (Å²) >= 11 is 1.54. The van der Waals surface area contributed by atoms with E-state index < -0.39 is 0 Å². The molecule has 9 heteroatoms. The number of benzene rings is 2. The van der Waals surface area contributed by atoms with Gasteiger partial charge >= 0.3 is 0 Å². The SMILES string of the molecule is COc1cc(O)c(C(=O)N2CC(Oc3ccc(N=C(N)c4cccs4)cc3)C2)c(OC)c1. The van der Waals surface area contributed by atoms with E-state index in [0.29, 0.717) is 30.4 Å². The second kappa shape index (κ2) is 9.19. The fourth-order valence-corrected chi connectivity index (χ4v) is 3.94. The summed E-state index contributed by atoms with van der Waals surface area (Å²) in [7, 11) is 2.92. The van der Waals surface area contributed by atoms with Crippen LogP contribution in [0.1, 0.15) is 15.2 Å². The molecule has 0 unspecified atom stereocenters. The smallest absolute Gasteiger partial charge is 0.261 e. The molecule has 32 heavy (non-hydrogen) atoms. The van der Waals surface area contributed by atoms with E-state index in [-0.39, 0.29) is 29.1 Å². The van der Waals surface area contributed by atoms with Gasteiger partial charge in [0.2, 0.25) is 0 Å². The molecule has 1 aromatic heterocycles. The summed E-state index contributed by atoms with van der Waals surface area (Å²) in [5.41, 5.74) is 6.86. The second-order valence-electron chi connectivity index (χ2n) is 7.14. The predicted octanol–water partition coefficient (Wildman–Crippen LogP) is 3.41. The first-order chi connectivity index (χ1) is 15.5. The third-order valence-electron chi connectivity index (χ3n) is 5.02. The molecule has 3 N–H and O–H groups in total. The molecule has 0 spiro atoms. The lowest BCUT2D eigenvalue weighted by molar-refractivity contribution is 0.0173. The molecule has 1 aliphatic rings. The number of likely N-dealkylation sites (tertiary alicyclic amines) is 1. The Hall–Kier alpha value is -3.72. The lowest BCUT2D eigenvalue weighted by Gasteiger charge is -2.39. The minimum absolute atomic E-state index is 0.109. The summed E-state index contributed by atoms with van der Waals surface area (Å²) in [4.78, 5) is 19.8. The molecule has 0 bridgehead atoms. The number of amidine groups is 1. The van der Waals surface area contributed by atoms with Crippen molar-refractivity contribution in [1.29, 1.82) is 0 Å². The van der Waals surface area contributed by atoms with Gasteiger partial charge < -0.3 is 30.0 Å². The average Bonchev–Trinajstić information content (AvgIpc) is 3.31. The van der Waals surface area contributed by atoms with Gasteiger partial charge in [-0.1, -0.05) is 6.07 Å². The second-order valence-corrected chi connectivity index (χ2v) is 8.09. The average molecular weight is 454 g/mol. The van der Waals surface area contributed by atoms with E-state index in [4.69, 9.17) is 19.9 Å². The third-order valence-corrected chi connectivity index (χ3v) is 5.91. The van der Waals surface area contributed by atoms with Crippen LogP contribution in [0.25, 0.3) is 0 Å². The number of phenols is 1. The van der Waals surface area contributed by atoms with Crippen molar-refractivity contribution in [2.75, 3.05) is 27.3 Å². The highest BCUT2D eigenvalue weighted by Crippen LogP contribution is 2.35. The summed E-state index contributed by atoms with van der Waals surface area (Å²) < 4.78 is 16.3. The van der Waals surface area contributed by atoms with Gasteiger partial charge in [-0.3, -0.25) is 4.79 Å². The van der Waals surface area contributed by atoms with Gasteiger partial charge in [0.05, 0.1) is 37.9 Å². The standard InChI is InChI=1S/C23H23N3O5S/c1-29-16-10-18(27)21(19(11-16)30-2)23(28)26-12-17(13-26)31-15-7-5-14(6-8-15)25-22(24)20-4-3-9-32-20/h3-11,17,27H,12-13H2,1-2H3,(H2,24,25). The van der Waals surface area contributed by atoms with Crippen molar-refractivity contribution in [3.8, 4) is 23.0 Å². The molecule has 2 heterocycles. The first kappa shape index (κ1) is 21.5. The molecule has 1 aliphatic heterocycles. The van der Waals surface area contributed by atoms with Crippen LogP contribution in [0.15, 0.2) is 58.9 Å². The maximum Gasteiger partial charge on any atom is 0.261 e. The van der Waals surface area contributed by atoms with Crippen LogP contribution >= 0.6 is 11.3 Å². The number of carbonyl (C=O) groups excluding carboxylic acids is 1. The highest BCUT2D eigenvalue weighted by atomic mass is 32.1. The van der Waals surface area contributed by atoms with Crippen LogP contribution in [-0.4, -0.2) is 55.2 Å². The van der Waals surface area contributed by atoms with Crippen LogP contribution in [0.3, 0.4) is 0 Å². The molecular weight excluding hydrogens is 430 g/mol. The van der Waals surface area contributed by atoms with E-state index in [9.17, 15) is 9.90 Å². The van der Waals surface area contributed by atoms with E-state index in [1.165, 1.54) is 31.6 Å². The first-order valence-electron chi connectivity index (χ1n) is 9.87. The minimum Gasteiger partial charge on any atom is -0.507 e. The summed E-state index contributed by atoms with van der Waals surface area (Å²) in [6.45, 7) is 0.803. The fourth-order valence-electron chi connectivity index (χ4n) is 3.32. The number of ether oxygens (including phenoxy) is 3. The molecule has 0 radical (unpaired) electrons. The Morgan fingerprint density at radius 2 is 1.88 bits per heavy atom. The lowest BCUT2D eigenvalue weighted by atomic mass is 10.1. The van der Waals surface area contributed by atoms with Crippen LogP contribution in [0.2, 0.25) is 0 Å². The topological polar surface area (TPSA) is 107 Å². The fraction of sp³-hybridized carbons (Fsp3) is 0.217. The van der Waals surface area contributed by atoms with Crippen molar-refractivity contribution < 1.29 is 24.1 Å². The third kappa shape index (κ3) is 4.47. The number of hydrogen-bond donors (Lipinski definition) is 2. The zero-order valence-electron chi connectivity index (χ0n) is 17.6. The number of carbonyl (C=O) groups is 1. The molecule has 3 aromatic rings. The van der Waals surface area contributed by atoms with Crippen LogP contribution < -0.4 is 19.9 Å². The monoisotopic (exact) mass is 453 g/mol. The summed E-state index contributed by atoms with van der Waals surface area (Å²) in [5.74, 6) is 1.31. The molecule has 1 fully saturated rings. The van der Waals surface area contributed by atoms with Crippen molar-refractivity contribution in [3.63, 3.8) is 0 Å². The van der Waals surface area contributed by atoms with Gasteiger partial charge in [0.25, 0.3) is 5.91 Å². The lowest BCUT2D eigenvalue weighted by Crippen LogP contribution is -2.56. The molecule has 166 valence electrons. The Balaban J connectivity index is 1.35. The number of aliphatic imine (C=N–C) groups is 1. The van der Waals surface area contributed by atoms with Gasteiger partial charge in [0.1, 0.15) is 40.5 Å². The molecule has 1 saturated heterocycles. The van der Waals surface area contributed by atoms with Crippen LogP contribution in [-0.2, 0) is 0 Å². The van der Waals surface area contributed by atoms with E-state index in [0.717, 1.165) is 10.6 Å². The van der Waals surface area contributed by atoms with Gasteiger partial charge in [-0.25, -0.2) is 4.99 Å². The number of nitrogens with two attached hydrogens (primary N) is 1. The van der Waals surface area contributed by atoms with Crippen molar-refractivity contribution in [1.82, 2.24) is 4.90 Å². The van der Waals surface area contributed by atoms with E-state index in [1.807, 2.05) is 41.8 Å². The van der Waals surface area contributed by atoms with E-state index in [2.05, 4.69) is 4.99 Å². The maximum absolute atomic E-state index is 12.8. The molecule has 2 aromatic carbocycles. The Kier molecular flexibility index (Phi) is 6.18. The molecule has 0 aliphatic carbocycles. The van der Waals surface area contributed by atoms with Crippen molar-refractivity contribution in [2.45, 2.75) is 6.10 Å². The van der Waals surface area contributed by atoms with Crippen molar-refractivity contribution in [3.05, 3.63) is 64.4 Å².